The number of halogens is 4. The zero-order chi connectivity index (χ0) is 14.6. The summed E-state index contributed by atoms with van der Waals surface area (Å²) in [5, 5.41) is 2.93. The molecule has 0 spiro atoms. The van der Waals surface area contributed by atoms with Crippen LogP contribution in [0.2, 0.25) is 0 Å². The highest BCUT2D eigenvalue weighted by atomic mass is 19.3. The highest BCUT2D eigenvalue weighted by molar-refractivity contribution is 5.84. The summed E-state index contributed by atoms with van der Waals surface area (Å²) in [6, 6.07) is -0.529. The Morgan fingerprint density at radius 2 is 2.00 bits per heavy atom. The first kappa shape index (κ1) is 16.2. The van der Waals surface area contributed by atoms with E-state index in [1.54, 1.807) is 6.92 Å². The molecular formula is C12H20F4N2O. The van der Waals surface area contributed by atoms with Gasteiger partial charge < -0.3 is 4.90 Å². The van der Waals surface area contributed by atoms with Gasteiger partial charge in [0.2, 0.25) is 5.91 Å². The van der Waals surface area contributed by atoms with Gasteiger partial charge in [-0.15, -0.1) is 0 Å². The summed E-state index contributed by atoms with van der Waals surface area (Å²) in [4.78, 5) is 12.8. The van der Waals surface area contributed by atoms with E-state index in [0.29, 0.717) is 12.8 Å². The smallest absolute Gasteiger partial charge is 0.320 e. The van der Waals surface area contributed by atoms with Crippen LogP contribution in [0, 0.1) is 0 Å². The van der Waals surface area contributed by atoms with Gasteiger partial charge in [0, 0.05) is 0 Å². The number of nitrogens with one attached hydrogen (secondary N) is 1. The molecule has 0 saturated carbocycles. The molecular weight excluding hydrogens is 264 g/mol. The minimum absolute atomic E-state index is 0.410. The molecule has 7 heteroatoms. The first-order valence-corrected chi connectivity index (χ1v) is 6.56. The molecule has 1 saturated heterocycles. The third-order valence-electron chi connectivity index (χ3n) is 3.28. The lowest BCUT2D eigenvalue weighted by Crippen LogP contribution is -2.47. The fraction of sp³-hybridized carbons (Fsp3) is 0.917. The van der Waals surface area contributed by atoms with Crippen molar-refractivity contribution in [3.8, 4) is 0 Å². The van der Waals surface area contributed by atoms with Crippen LogP contribution in [-0.4, -0.2) is 41.9 Å². The van der Waals surface area contributed by atoms with Gasteiger partial charge in [-0.3, -0.25) is 10.1 Å². The lowest BCUT2D eigenvalue weighted by molar-refractivity contribution is -0.157. The minimum atomic E-state index is -4.16. The van der Waals surface area contributed by atoms with Crippen molar-refractivity contribution in [2.45, 2.75) is 64.1 Å². The van der Waals surface area contributed by atoms with E-state index in [0.717, 1.165) is 17.7 Å². The quantitative estimate of drug-likeness (QED) is 0.729. The standard InChI is InChI=1S/C12H20F4N2O/c1-3-5-6-8-10(19)18(9(4-2)17-8)7-12(15,16)11(13)14/h8-9,11,17H,3-7H2,1-2H3. The first-order valence-electron chi connectivity index (χ1n) is 6.56. The van der Waals surface area contributed by atoms with E-state index in [1.165, 1.54) is 0 Å². The van der Waals surface area contributed by atoms with Crippen LogP contribution < -0.4 is 5.32 Å². The molecule has 0 bridgehead atoms. The monoisotopic (exact) mass is 284 g/mol. The molecule has 1 rings (SSSR count). The Morgan fingerprint density at radius 1 is 1.37 bits per heavy atom. The number of amides is 1. The summed E-state index contributed by atoms with van der Waals surface area (Å²) in [6.07, 6.45) is -1.71. The van der Waals surface area contributed by atoms with Gasteiger partial charge in [0.25, 0.3) is 0 Å². The minimum Gasteiger partial charge on any atom is -0.320 e. The maximum absolute atomic E-state index is 13.1. The van der Waals surface area contributed by atoms with E-state index < -0.39 is 37.0 Å². The molecule has 112 valence electrons. The molecule has 19 heavy (non-hydrogen) atoms. The molecule has 1 amide bonds. The van der Waals surface area contributed by atoms with Gasteiger partial charge in [0.05, 0.1) is 18.8 Å². The van der Waals surface area contributed by atoms with E-state index in [2.05, 4.69) is 5.32 Å². The number of hydrogen-bond acceptors (Lipinski definition) is 2. The SMILES string of the molecule is CCCCC1NC(CC)N(CC(F)(F)C(F)F)C1=O. The molecule has 3 nitrogen and oxygen atoms in total. The molecule has 1 aliphatic heterocycles. The number of carbonyl (C=O) groups is 1. The number of hydrogen-bond donors (Lipinski definition) is 1. The highest BCUT2D eigenvalue weighted by Crippen LogP contribution is 2.27. The van der Waals surface area contributed by atoms with E-state index >= 15 is 0 Å². The molecule has 2 atom stereocenters. The maximum atomic E-state index is 13.1. The van der Waals surface area contributed by atoms with Crippen molar-refractivity contribution in [1.82, 2.24) is 10.2 Å². The fourth-order valence-electron chi connectivity index (χ4n) is 2.18. The van der Waals surface area contributed by atoms with Crippen molar-refractivity contribution >= 4 is 5.91 Å². The molecule has 0 aliphatic carbocycles. The zero-order valence-corrected chi connectivity index (χ0v) is 11.1. The molecule has 0 radical (unpaired) electrons. The summed E-state index contributed by atoms with van der Waals surface area (Å²) in [7, 11) is 0. The Balaban J connectivity index is 2.72. The van der Waals surface area contributed by atoms with Gasteiger partial charge in [-0.2, -0.15) is 8.78 Å². The predicted octanol–water partition coefficient (Wildman–Crippen LogP) is 2.61. The van der Waals surface area contributed by atoms with Gasteiger partial charge in [-0.25, -0.2) is 8.78 Å². The molecule has 1 heterocycles. The molecule has 1 fully saturated rings. The lowest BCUT2D eigenvalue weighted by atomic mass is 10.1. The van der Waals surface area contributed by atoms with E-state index in [-0.39, 0.29) is 0 Å². The Morgan fingerprint density at radius 3 is 2.47 bits per heavy atom. The second kappa shape index (κ2) is 6.54. The van der Waals surface area contributed by atoms with Crippen LogP contribution >= 0.6 is 0 Å². The molecule has 1 N–H and O–H groups in total. The van der Waals surface area contributed by atoms with Crippen LogP contribution in [0.1, 0.15) is 39.5 Å². The van der Waals surface area contributed by atoms with Gasteiger partial charge in [-0.1, -0.05) is 26.7 Å². The van der Waals surface area contributed by atoms with Crippen molar-refractivity contribution in [1.29, 1.82) is 0 Å². The summed E-state index contributed by atoms with van der Waals surface area (Å²) in [5.41, 5.74) is 0. The number of nitrogens with zero attached hydrogens (tertiary/aromatic N) is 1. The summed E-state index contributed by atoms with van der Waals surface area (Å²) < 4.78 is 50.6. The third kappa shape index (κ3) is 3.81. The number of carbonyl (C=O) groups excluding carboxylic acids is 1. The van der Waals surface area contributed by atoms with Crippen LogP contribution in [-0.2, 0) is 4.79 Å². The molecule has 1 aliphatic rings. The second-order valence-electron chi connectivity index (χ2n) is 4.81. The van der Waals surface area contributed by atoms with E-state index in [1.807, 2.05) is 6.92 Å². The van der Waals surface area contributed by atoms with Crippen molar-refractivity contribution in [2.24, 2.45) is 0 Å². The predicted molar refractivity (Wildman–Crippen MR) is 63.2 cm³/mol. The van der Waals surface area contributed by atoms with Crippen molar-refractivity contribution in [2.75, 3.05) is 6.54 Å². The summed E-state index contributed by atoms with van der Waals surface area (Å²) >= 11 is 0. The normalized spacial score (nSPS) is 24.6. The van der Waals surface area contributed by atoms with Gasteiger partial charge in [0.15, 0.2) is 0 Å². The Labute approximate surface area is 110 Å². The van der Waals surface area contributed by atoms with Crippen LogP contribution in [0.15, 0.2) is 0 Å². The average Bonchev–Trinajstić information content (AvgIpc) is 2.63. The average molecular weight is 284 g/mol. The van der Waals surface area contributed by atoms with Crippen LogP contribution in [0.25, 0.3) is 0 Å². The largest absolute Gasteiger partial charge is 0.324 e. The summed E-state index contributed by atoms with van der Waals surface area (Å²) in [5.74, 6) is -4.66. The molecule has 0 aromatic carbocycles. The Bertz CT molecular complexity index is 312. The van der Waals surface area contributed by atoms with Crippen molar-refractivity contribution in [3.63, 3.8) is 0 Å². The Kier molecular flexibility index (Phi) is 5.58. The summed E-state index contributed by atoms with van der Waals surface area (Å²) in [6.45, 7) is 2.46. The third-order valence-corrected chi connectivity index (χ3v) is 3.28. The molecule has 2 unspecified atom stereocenters. The van der Waals surface area contributed by atoms with Gasteiger partial charge >= 0.3 is 12.3 Å². The number of rotatable bonds is 7. The molecule has 0 aromatic rings. The van der Waals surface area contributed by atoms with Gasteiger partial charge in [-0.05, 0) is 12.8 Å². The van der Waals surface area contributed by atoms with Crippen molar-refractivity contribution < 1.29 is 22.4 Å². The number of unbranched alkanes of at least 4 members (excludes halogenated alkanes) is 1. The van der Waals surface area contributed by atoms with Crippen LogP contribution in [0.4, 0.5) is 17.6 Å². The molecule has 0 aromatic heterocycles. The fourth-order valence-corrected chi connectivity index (χ4v) is 2.18. The lowest BCUT2D eigenvalue weighted by Gasteiger charge is -2.27. The first-order chi connectivity index (χ1) is 8.83. The van der Waals surface area contributed by atoms with E-state index in [9.17, 15) is 22.4 Å². The maximum Gasteiger partial charge on any atom is 0.324 e. The van der Waals surface area contributed by atoms with Crippen molar-refractivity contribution in [3.05, 3.63) is 0 Å². The topological polar surface area (TPSA) is 32.3 Å². The van der Waals surface area contributed by atoms with Gasteiger partial charge in [0.1, 0.15) is 0 Å². The van der Waals surface area contributed by atoms with E-state index in [4.69, 9.17) is 0 Å². The van der Waals surface area contributed by atoms with Crippen LogP contribution in [0.3, 0.4) is 0 Å². The number of alkyl halides is 4. The van der Waals surface area contributed by atoms with Crippen LogP contribution in [0.5, 0.6) is 0 Å². The zero-order valence-electron chi connectivity index (χ0n) is 11.1. The second-order valence-corrected chi connectivity index (χ2v) is 4.81. The highest BCUT2D eigenvalue weighted by Gasteiger charge is 2.48. The Hall–Kier alpha value is -0.850.